The van der Waals surface area contributed by atoms with Crippen LogP contribution in [-0.4, -0.2) is 44.2 Å². The number of hydrogen-bond donors (Lipinski definition) is 2. The van der Waals surface area contributed by atoms with Crippen LogP contribution in [0.5, 0.6) is 0 Å². The molecule has 1 saturated heterocycles. The van der Waals surface area contributed by atoms with E-state index in [0.29, 0.717) is 25.7 Å². The number of benzene rings is 1. The second-order valence-electron chi connectivity index (χ2n) is 6.84. The van der Waals surface area contributed by atoms with Crippen molar-refractivity contribution in [1.29, 1.82) is 0 Å². The van der Waals surface area contributed by atoms with Gasteiger partial charge in [-0.15, -0.1) is 0 Å². The van der Waals surface area contributed by atoms with E-state index in [9.17, 15) is 9.59 Å². The van der Waals surface area contributed by atoms with Gasteiger partial charge in [-0.3, -0.25) is 9.59 Å². The summed E-state index contributed by atoms with van der Waals surface area (Å²) in [5, 5.41) is 6.01. The molecular weight excluding hydrogens is 306 g/mol. The Hall–Kier alpha value is -2.08. The summed E-state index contributed by atoms with van der Waals surface area (Å²) in [6.45, 7) is 3.05. The van der Waals surface area contributed by atoms with Gasteiger partial charge in [0.1, 0.15) is 0 Å². The summed E-state index contributed by atoms with van der Waals surface area (Å²) < 4.78 is 5.39. The van der Waals surface area contributed by atoms with Crippen LogP contribution in [0.25, 0.3) is 0 Å². The summed E-state index contributed by atoms with van der Waals surface area (Å²) in [7, 11) is 0. The number of nitrogens with zero attached hydrogens (tertiary/aromatic N) is 1. The average Bonchev–Trinajstić information content (AvgIpc) is 3.50. The maximum atomic E-state index is 12.5. The first-order valence-electron chi connectivity index (χ1n) is 8.75. The summed E-state index contributed by atoms with van der Waals surface area (Å²) in [6.07, 6.45) is 2.80. The SMILES string of the molecule is O=C(Nc1ccccc1N1CCOCC1)C1CC1C(=O)NC1CC1. The zero-order valence-electron chi connectivity index (χ0n) is 13.7. The lowest BCUT2D eigenvalue weighted by Gasteiger charge is -2.30. The molecular formula is C18H23N3O3. The van der Waals surface area contributed by atoms with Crippen LogP contribution in [-0.2, 0) is 14.3 Å². The van der Waals surface area contributed by atoms with Gasteiger partial charge in [0.2, 0.25) is 11.8 Å². The molecule has 0 radical (unpaired) electrons. The van der Waals surface area contributed by atoms with Crippen molar-refractivity contribution in [2.75, 3.05) is 36.5 Å². The zero-order valence-corrected chi connectivity index (χ0v) is 13.7. The summed E-state index contributed by atoms with van der Waals surface area (Å²) in [5.74, 6) is -0.353. The van der Waals surface area contributed by atoms with Crippen LogP contribution in [0.4, 0.5) is 11.4 Å². The highest BCUT2D eigenvalue weighted by Crippen LogP contribution is 2.41. The summed E-state index contributed by atoms with van der Waals surface area (Å²) in [4.78, 5) is 26.7. The first-order chi connectivity index (χ1) is 11.7. The summed E-state index contributed by atoms with van der Waals surface area (Å²) in [6, 6.07) is 8.19. The van der Waals surface area contributed by atoms with Crippen LogP contribution in [0.3, 0.4) is 0 Å². The molecule has 3 aliphatic rings. The first kappa shape index (κ1) is 15.4. The minimum Gasteiger partial charge on any atom is -0.378 e. The van der Waals surface area contributed by atoms with Gasteiger partial charge < -0.3 is 20.3 Å². The van der Waals surface area contributed by atoms with E-state index in [-0.39, 0.29) is 23.7 Å². The van der Waals surface area contributed by atoms with Gasteiger partial charge in [0, 0.05) is 19.1 Å². The average molecular weight is 329 g/mol. The first-order valence-corrected chi connectivity index (χ1v) is 8.75. The van der Waals surface area contributed by atoms with Gasteiger partial charge >= 0.3 is 0 Å². The highest BCUT2D eigenvalue weighted by molar-refractivity contribution is 6.01. The van der Waals surface area contributed by atoms with Gasteiger partial charge in [-0.05, 0) is 31.4 Å². The number of amides is 2. The van der Waals surface area contributed by atoms with Gasteiger partial charge in [-0.25, -0.2) is 0 Å². The molecule has 128 valence electrons. The molecule has 1 aromatic rings. The molecule has 1 aliphatic heterocycles. The lowest BCUT2D eigenvalue weighted by atomic mass is 10.2. The Kier molecular flexibility index (Phi) is 4.14. The molecule has 0 aromatic heterocycles. The standard InChI is InChI=1S/C18H23N3O3/c22-17(19-12-5-6-12)13-11-14(13)18(23)20-15-3-1-2-4-16(15)21-7-9-24-10-8-21/h1-4,12-14H,5-11H2,(H,19,22)(H,20,23). The Morgan fingerprint density at radius 3 is 2.50 bits per heavy atom. The fourth-order valence-corrected chi connectivity index (χ4v) is 3.20. The second kappa shape index (κ2) is 6.43. The third kappa shape index (κ3) is 3.38. The molecule has 2 unspecified atom stereocenters. The topological polar surface area (TPSA) is 70.7 Å². The molecule has 2 amide bonds. The van der Waals surface area contributed by atoms with E-state index in [2.05, 4.69) is 15.5 Å². The molecule has 6 nitrogen and oxygen atoms in total. The van der Waals surface area contributed by atoms with E-state index in [1.165, 1.54) is 0 Å². The van der Waals surface area contributed by atoms with Crippen LogP contribution in [0, 0.1) is 11.8 Å². The zero-order chi connectivity index (χ0) is 16.5. The molecule has 0 spiro atoms. The second-order valence-corrected chi connectivity index (χ2v) is 6.84. The lowest BCUT2D eigenvalue weighted by molar-refractivity contribution is -0.125. The van der Waals surface area contributed by atoms with Crippen LogP contribution in [0.2, 0.25) is 0 Å². The van der Waals surface area contributed by atoms with Crippen LogP contribution >= 0.6 is 0 Å². The van der Waals surface area contributed by atoms with Gasteiger partial charge in [-0.2, -0.15) is 0 Å². The number of anilines is 2. The van der Waals surface area contributed by atoms with E-state index < -0.39 is 0 Å². The molecule has 0 bridgehead atoms. The quantitative estimate of drug-likeness (QED) is 0.856. The fraction of sp³-hybridized carbons (Fsp3) is 0.556. The van der Waals surface area contributed by atoms with Crippen LogP contribution in [0.15, 0.2) is 24.3 Å². The number of rotatable bonds is 5. The van der Waals surface area contributed by atoms with Crippen molar-refractivity contribution in [3.63, 3.8) is 0 Å². The number of hydrogen-bond acceptors (Lipinski definition) is 4. The molecule has 2 N–H and O–H groups in total. The lowest BCUT2D eigenvalue weighted by Crippen LogP contribution is -2.36. The van der Waals surface area contributed by atoms with Gasteiger partial charge in [0.25, 0.3) is 0 Å². The van der Waals surface area contributed by atoms with E-state index in [1.54, 1.807) is 0 Å². The monoisotopic (exact) mass is 329 g/mol. The molecule has 3 fully saturated rings. The Labute approximate surface area is 141 Å². The van der Waals surface area contributed by atoms with E-state index in [0.717, 1.165) is 37.3 Å². The molecule has 1 aromatic carbocycles. The Morgan fingerprint density at radius 2 is 1.75 bits per heavy atom. The maximum Gasteiger partial charge on any atom is 0.228 e. The van der Waals surface area contributed by atoms with Crippen molar-refractivity contribution in [3.05, 3.63) is 24.3 Å². The third-order valence-corrected chi connectivity index (χ3v) is 4.90. The Morgan fingerprint density at radius 1 is 1.04 bits per heavy atom. The minimum atomic E-state index is -0.193. The highest BCUT2D eigenvalue weighted by atomic mass is 16.5. The number of carbonyl (C=O) groups is 2. The van der Waals surface area contributed by atoms with Crippen molar-refractivity contribution in [1.82, 2.24) is 5.32 Å². The third-order valence-electron chi connectivity index (χ3n) is 4.90. The number of ether oxygens (including phenoxy) is 1. The van der Waals surface area contributed by atoms with Gasteiger partial charge in [-0.1, -0.05) is 12.1 Å². The molecule has 24 heavy (non-hydrogen) atoms. The maximum absolute atomic E-state index is 12.5. The highest BCUT2D eigenvalue weighted by Gasteiger charge is 2.49. The Balaban J connectivity index is 1.38. The van der Waals surface area contributed by atoms with E-state index in [4.69, 9.17) is 4.74 Å². The van der Waals surface area contributed by atoms with Crippen molar-refractivity contribution in [2.24, 2.45) is 11.8 Å². The molecule has 1 heterocycles. The van der Waals surface area contributed by atoms with Crippen molar-refractivity contribution in [3.8, 4) is 0 Å². The van der Waals surface area contributed by atoms with E-state index >= 15 is 0 Å². The summed E-state index contributed by atoms with van der Waals surface area (Å²) >= 11 is 0. The van der Waals surface area contributed by atoms with Gasteiger partial charge in [0.15, 0.2) is 0 Å². The van der Waals surface area contributed by atoms with Crippen molar-refractivity contribution >= 4 is 23.2 Å². The molecule has 2 atom stereocenters. The number of morpholine rings is 1. The number of para-hydroxylation sites is 2. The van der Waals surface area contributed by atoms with Crippen LogP contribution in [0.1, 0.15) is 19.3 Å². The molecule has 4 rings (SSSR count). The predicted octanol–water partition coefficient (Wildman–Crippen LogP) is 1.38. The van der Waals surface area contributed by atoms with Crippen molar-refractivity contribution in [2.45, 2.75) is 25.3 Å². The minimum absolute atomic E-state index is 0.0408. The Bertz CT molecular complexity index is 638. The molecule has 2 aliphatic carbocycles. The molecule has 2 saturated carbocycles. The number of nitrogens with one attached hydrogen (secondary N) is 2. The van der Waals surface area contributed by atoms with Gasteiger partial charge in [0.05, 0.1) is 36.4 Å². The predicted molar refractivity (Wildman–Crippen MR) is 90.9 cm³/mol. The number of carbonyl (C=O) groups excluding carboxylic acids is 2. The largest absolute Gasteiger partial charge is 0.378 e. The van der Waals surface area contributed by atoms with E-state index in [1.807, 2.05) is 24.3 Å². The van der Waals surface area contributed by atoms with Crippen LogP contribution < -0.4 is 15.5 Å². The van der Waals surface area contributed by atoms with Crippen molar-refractivity contribution < 1.29 is 14.3 Å². The fourth-order valence-electron chi connectivity index (χ4n) is 3.20. The summed E-state index contributed by atoms with van der Waals surface area (Å²) in [5.41, 5.74) is 1.84. The normalized spacial score (nSPS) is 25.9. The smallest absolute Gasteiger partial charge is 0.228 e. The molecule has 6 heteroatoms.